The molecule has 3 aliphatic rings. The zero-order valence-corrected chi connectivity index (χ0v) is 22.5. The molecule has 0 unspecified atom stereocenters. The number of nitriles is 1. The monoisotopic (exact) mass is 563 g/mol. The van der Waals surface area contributed by atoms with Crippen LogP contribution in [0.25, 0.3) is 11.1 Å². The molecule has 0 bridgehead atoms. The molecule has 2 aromatic carbocycles. The summed E-state index contributed by atoms with van der Waals surface area (Å²) in [7, 11) is 0. The number of hydrogen-bond donors (Lipinski definition) is 0. The van der Waals surface area contributed by atoms with Crippen LogP contribution in [0.5, 0.6) is 5.75 Å². The Labute approximate surface area is 231 Å². The molecule has 2 aliphatic carbocycles. The molecule has 0 aromatic heterocycles. The van der Waals surface area contributed by atoms with Crippen molar-refractivity contribution in [2.75, 3.05) is 13.2 Å². The van der Waals surface area contributed by atoms with Gasteiger partial charge >= 0.3 is 6.11 Å². The third-order valence-electron chi connectivity index (χ3n) is 8.86. The molecule has 2 aromatic rings. The highest BCUT2D eigenvalue weighted by atomic mass is 19.3. The Balaban J connectivity index is 1.14. The van der Waals surface area contributed by atoms with Gasteiger partial charge in [-0.3, -0.25) is 0 Å². The van der Waals surface area contributed by atoms with Crippen molar-refractivity contribution in [2.45, 2.75) is 70.7 Å². The van der Waals surface area contributed by atoms with Gasteiger partial charge in [-0.25, -0.2) is 13.2 Å². The topological polar surface area (TPSA) is 51.5 Å². The molecule has 0 atom stereocenters. The minimum atomic E-state index is -3.48. The lowest BCUT2D eigenvalue weighted by Gasteiger charge is -2.41. The van der Waals surface area contributed by atoms with Crippen molar-refractivity contribution >= 4 is 0 Å². The fraction of sp³-hybridized carbons (Fsp3) is 0.581. The van der Waals surface area contributed by atoms with Gasteiger partial charge in [-0.05, 0) is 93.0 Å². The minimum Gasteiger partial charge on any atom is -0.432 e. The van der Waals surface area contributed by atoms with Crippen LogP contribution in [-0.2, 0) is 9.47 Å². The van der Waals surface area contributed by atoms with Crippen molar-refractivity contribution in [3.8, 4) is 22.9 Å². The lowest BCUT2D eigenvalue weighted by atomic mass is 9.69. The fourth-order valence-corrected chi connectivity index (χ4v) is 6.57. The highest BCUT2D eigenvalue weighted by Gasteiger charge is 2.45. The van der Waals surface area contributed by atoms with E-state index in [1.807, 2.05) is 0 Å². The van der Waals surface area contributed by atoms with Crippen molar-refractivity contribution in [3.05, 3.63) is 53.3 Å². The predicted octanol–water partition coefficient (Wildman–Crippen LogP) is 8.24. The number of ether oxygens (including phenoxy) is 3. The number of hydrogen-bond acceptors (Lipinski definition) is 4. The Morgan fingerprint density at radius 3 is 1.90 bits per heavy atom. The normalized spacial score (nSPS) is 29.5. The van der Waals surface area contributed by atoms with Gasteiger partial charge in [0.05, 0.1) is 19.1 Å². The molecule has 1 heterocycles. The maximum atomic E-state index is 15.1. The standard InChI is InChI=1S/C31H34F5NO3/c1-18-16-38-30(39-17-18)21-4-2-19(3-5-21)20-6-8-23(9-7-20)31(35,36)40-24-10-11-25(29(34)14-24)22-12-27(32)26(15-37)28(33)13-22/h10-14,18-21,23,30H,2-9,16-17H2,1H3. The number of nitrogens with zero attached hydrogens (tertiary/aromatic N) is 1. The van der Waals surface area contributed by atoms with E-state index in [1.165, 1.54) is 6.07 Å². The van der Waals surface area contributed by atoms with Crippen LogP contribution in [0.1, 0.15) is 63.9 Å². The average molecular weight is 564 g/mol. The van der Waals surface area contributed by atoms with Gasteiger partial charge in [-0.15, -0.1) is 0 Å². The van der Waals surface area contributed by atoms with Gasteiger partial charge in [-0.2, -0.15) is 14.0 Å². The maximum absolute atomic E-state index is 15.1. The molecular formula is C31H34F5NO3. The van der Waals surface area contributed by atoms with Gasteiger partial charge in [0.15, 0.2) is 6.29 Å². The van der Waals surface area contributed by atoms with Crippen molar-refractivity contribution < 1.29 is 36.2 Å². The van der Waals surface area contributed by atoms with E-state index >= 15 is 8.78 Å². The van der Waals surface area contributed by atoms with Crippen LogP contribution in [0.2, 0.25) is 0 Å². The van der Waals surface area contributed by atoms with E-state index in [2.05, 4.69) is 6.92 Å². The minimum absolute atomic E-state index is 0.117. The Hall–Kier alpha value is -2.70. The van der Waals surface area contributed by atoms with Crippen molar-refractivity contribution in [2.24, 2.45) is 29.6 Å². The number of halogens is 5. The quantitative estimate of drug-likeness (QED) is 0.332. The molecule has 5 rings (SSSR count). The predicted molar refractivity (Wildman–Crippen MR) is 138 cm³/mol. The van der Waals surface area contributed by atoms with Crippen LogP contribution in [0.4, 0.5) is 22.0 Å². The zero-order chi connectivity index (χ0) is 28.4. The highest BCUT2D eigenvalue weighted by molar-refractivity contribution is 5.66. The summed E-state index contributed by atoms with van der Waals surface area (Å²) in [4.78, 5) is 0. The van der Waals surface area contributed by atoms with Crippen LogP contribution < -0.4 is 4.74 Å². The van der Waals surface area contributed by atoms with Crippen molar-refractivity contribution in [1.29, 1.82) is 5.26 Å². The summed E-state index contributed by atoms with van der Waals surface area (Å²) in [6.45, 7) is 3.58. The first kappa shape index (κ1) is 28.8. The van der Waals surface area contributed by atoms with Crippen LogP contribution in [0.15, 0.2) is 30.3 Å². The number of alkyl halides is 2. The molecule has 216 valence electrons. The van der Waals surface area contributed by atoms with Crippen molar-refractivity contribution in [3.63, 3.8) is 0 Å². The highest BCUT2D eigenvalue weighted by Crippen LogP contribution is 2.46. The van der Waals surface area contributed by atoms with Crippen LogP contribution in [-0.4, -0.2) is 25.6 Å². The molecule has 0 radical (unpaired) electrons. The molecule has 40 heavy (non-hydrogen) atoms. The van der Waals surface area contributed by atoms with Crippen LogP contribution >= 0.6 is 0 Å². The first-order valence-corrected chi connectivity index (χ1v) is 14.1. The van der Waals surface area contributed by atoms with E-state index in [1.54, 1.807) is 0 Å². The van der Waals surface area contributed by atoms with Gasteiger partial charge in [0, 0.05) is 23.5 Å². The van der Waals surface area contributed by atoms with Gasteiger partial charge in [0.25, 0.3) is 0 Å². The first-order valence-electron chi connectivity index (χ1n) is 14.1. The summed E-state index contributed by atoms with van der Waals surface area (Å²) in [6, 6.07) is 6.15. The van der Waals surface area contributed by atoms with E-state index in [4.69, 9.17) is 19.5 Å². The molecule has 2 saturated carbocycles. The molecule has 4 nitrogen and oxygen atoms in total. The first-order chi connectivity index (χ1) is 19.1. The Morgan fingerprint density at radius 1 is 0.800 bits per heavy atom. The van der Waals surface area contributed by atoms with Crippen LogP contribution in [0.3, 0.4) is 0 Å². The van der Waals surface area contributed by atoms with Crippen molar-refractivity contribution in [1.82, 2.24) is 0 Å². The van der Waals surface area contributed by atoms with Gasteiger partial charge in [-0.1, -0.05) is 6.92 Å². The molecule has 0 N–H and O–H groups in total. The molecule has 3 fully saturated rings. The van der Waals surface area contributed by atoms with Crippen LogP contribution in [0, 0.1) is 58.4 Å². The van der Waals surface area contributed by atoms with Gasteiger partial charge < -0.3 is 14.2 Å². The van der Waals surface area contributed by atoms with E-state index in [0.717, 1.165) is 69.2 Å². The summed E-state index contributed by atoms with van der Waals surface area (Å²) < 4.78 is 89.6. The summed E-state index contributed by atoms with van der Waals surface area (Å²) in [5.74, 6) is -2.80. The fourth-order valence-electron chi connectivity index (χ4n) is 6.57. The lowest BCUT2D eigenvalue weighted by molar-refractivity contribution is -0.229. The Kier molecular flexibility index (Phi) is 8.67. The average Bonchev–Trinajstić information content (AvgIpc) is 2.93. The Morgan fingerprint density at radius 2 is 1.35 bits per heavy atom. The summed E-state index contributed by atoms with van der Waals surface area (Å²) in [5.41, 5.74) is -1.11. The molecule has 1 aliphatic heterocycles. The second-order valence-electron chi connectivity index (χ2n) is 11.7. The SMILES string of the molecule is CC1COC(C2CCC(C3CCC(C(F)(F)Oc4ccc(-c5cc(F)c(C#N)c(F)c5)c(F)c4)CC3)CC2)OC1. The zero-order valence-electron chi connectivity index (χ0n) is 22.5. The maximum Gasteiger partial charge on any atom is 0.400 e. The second-order valence-corrected chi connectivity index (χ2v) is 11.7. The van der Waals surface area contributed by atoms with E-state index in [0.29, 0.717) is 49.4 Å². The van der Waals surface area contributed by atoms with E-state index in [-0.39, 0.29) is 23.2 Å². The van der Waals surface area contributed by atoms with E-state index in [9.17, 15) is 13.2 Å². The molecular weight excluding hydrogens is 529 g/mol. The lowest BCUT2D eigenvalue weighted by Crippen LogP contribution is -2.40. The molecule has 0 amide bonds. The Bertz CT molecular complexity index is 1200. The number of benzene rings is 2. The molecule has 0 spiro atoms. The third-order valence-corrected chi connectivity index (χ3v) is 8.86. The van der Waals surface area contributed by atoms with E-state index < -0.39 is 35.0 Å². The molecule has 1 saturated heterocycles. The summed E-state index contributed by atoms with van der Waals surface area (Å²) >= 11 is 0. The smallest absolute Gasteiger partial charge is 0.400 e. The van der Waals surface area contributed by atoms with Gasteiger partial charge in [0.1, 0.15) is 34.8 Å². The largest absolute Gasteiger partial charge is 0.432 e. The third kappa shape index (κ3) is 6.28. The summed E-state index contributed by atoms with van der Waals surface area (Å²) in [6.07, 6.45) is 2.66. The second kappa shape index (κ2) is 12.0. The summed E-state index contributed by atoms with van der Waals surface area (Å²) in [5, 5.41) is 8.81. The molecule has 9 heteroatoms. The van der Waals surface area contributed by atoms with Gasteiger partial charge in [0.2, 0.25) is 0 Å². The number of rotatable bonds is 6.